The number of carbonyl (C=O) groups is 1. The number of fused-ring (bicyclic) bond motifs is 1. The van der Waals surface area contributed by atoms with Crippen molar-refractivity contribution in [2.75, 3.05) is 25.0 Å². The maximum atomic E-state index is 12.5. The maximum Gasteiger partial charge on any atom is 0.250 e. The Kier molecular flexibility index (Phi) is 6.03. The first-order valence-corrected chi connectivity index (χ1v) is 9.25. The first kappa shape index (κ1) is 18.8. The first-order chi connectivity index (χ1) is 13.1. The molecular weight excluding hydrogens is 342 g/mol. The van der Waals surface area contributed by atoms with E-state index in [0.717, 1.165) is 37.2 Å². The Bertz CT molecular complexity index is 972. The largest absolute Gasteiger partial charge is 0.309 e. The summed E-state index contributed by atoms with van der Waals surface area (Å²) in [5.41, 5.74) is 1.61. The molecule has 0 aliphatic rings. The van der Waals surface area contributed by atoms with Crippen molar-refractivity contribution in [3.8, 4) is 0 Å². The number of imidazole rings is 1. The van der Waals surface area contributed by atoms with Crippen LogP contribution in [0.3, 0.4) is 0 Å². The monoisotopic (exact) mass is 367 g/mol. The average Bonchev–Trinajstić information content (AvgIpc) is 3.01. The third-order valence-electron chi connectivity index (χ3n) is 4.65. The van der Waals surface area contributed by atoms with E-state index in [2.05, 4.69) is 29.0 Å². The number of carbonyl (C=O) groups excluding carboxylic acids is 1. The van der Waals surface area contributed by atoms with E-state index in [9.17, 15) is 9.59 Å². The number of rotatable bonds is 8. The normalized spacial score (nSPS) is 11.2. The lowest BCUT2D eigenvalue weighted by Crippen LogP contribution is -2.29. The molecule has 0 bridgehead atoms. The molecule has 27 heavy (non-hydrogen) atoms. The summed E-state index contributed by atoms with van der Waals surface area (Å²) in [6.07, 6.45) is 1.60. The van der Waals surface area contributed by atoms with Crippen molar-refractivity contribution in [2.45, 2.75) is 26.9 Å². The first-order valence-electron chi connectivity index (χ1n) is 9.25. The average molecular weight is 367 g/mol. The predicted octanol–water partition coefficient (Wildman–Crippen LogP) is 2.18. The van der Waals surface area contributed by atoms with E-state index in [1.54, 1.807) is 18.3 Å². The fraction of sp³-hybridized carbons (Fsp3) is 0.350. The van der Waals surface area contributed by atoms with Gasteiger partial charge < -0.3 is 14.0 Å². The SMILES string of the molecule is CCN(CC)CCn1c(NC(=O)Cn2ccccc2=O)nc2ccccc21. The molecule has 142 valence electrons. The van der Waals surface area contributed by atoms with Crippen molar-refractivity contribution in [1.29, 1.82) is 0 Å². The van der Waals surface area contributed by atoms with Gasteiger partial charge in [0.1, 0.15) is 6.54 Å². The standard InChI is InChI=1S/C20H25N5O2/c1-3-23(4-2)13-14-25-17-10-6-5-9-16(17)21-20(25)22-18(26)15-24-12-8-7-11-19(24)27/h5-12H,3-4,13-15H2,1-2H3,(H,21,22,26). The fourth-order valence-electron chi connectivity index (χ4n) is 3.09. The van der Waals surface area contributed by atoms with Crippen LogP contribution >= 0.6 is 0 Å². The van der Waals surface area contributed by atoms with Crippen LogP contribution in [-0.2, 0) is 17.9 Å². The van der Waals surface area contributed by atoms with Gasteiger partial charge >= 0.3 is 0 Å². The number of hydrogen-bond acceptors (Lipinski definition) is 4. The number of aromatic nitrogens is 3. The van der Waals surface area contributed by atoms with Gasteiger partial charge in [0, 0.05) is 25.4 Å². The topological polar surface area (TPSA) is 72.2 Å². The van der Waals surface area contributed by atoms with Gasteiger partial charge in [-0.25, -0.2) is 4.98 Å². The van der Waals surface area contributed by atoms with Gasteiger partial charge in [-0.3, -0.25) is 14.9 Å². The van der Waals surface area contributed by atoms with Crippen LogP contribution in [0.1, 0.15) is 13.8 Å². The summed E-state index contributed by atoms with van der Waals surface area (Å²) in [7, 11) is 0. The van der Waals surface area contributed by atoms with E-state index in [1.807, 2.05) is 28.8 Å². The number of hydrogen-bond donors (Lipinski definition) is 1. The van der Waals surface area contributed by atoms with Crippen molar-refractivity contribution in [3.05, 3.63) is 59.0 Å². The summed E-state index contributed by atoms with van der Waals surface area (Å²) in [5, 5.41) is 2.87. The molecule has 0 atom stereocenters. The molecule has 0 fully saturated rings. The van der Waals surface area contributed by atoms with E-state index in [-0.39, 0.29) is 18.0 Å². The van der Waals surface area contributed by atoms with Crippen molar-refractivity contribution in [2.24, 2.45) is 0 Å². The summed E-state index contributed by atoms with van der Waals surface area (Å²) in [6, 6.07) is 12.7. The molecule has 1 N–H and O–H groups in total. The predicted molar refractivity (Wildman–Crippen MR) is 107 cm³/mol. The van der Waals surface area contributed by atoms with Gasteiger partial charge in [0.15, 0.2) is 0 Å². The number of likely N-dealkylation sites (N-methyl/N-ethyl adjacent to an activating group) is 1. The maximum absolute atomic E-state index is 12.5. The van der Waals surface area contributed by atoms with Crippen molar-refractivity contribution >= 4 is 22.9 Å². The molecule has 0 aliphatic heterocycles. The minimum atomic E-state index is -0.275. The summed E-state index contributed by atoms with van der Waals surface area (Å²) in [5.74, 6) is 0.236. The van der Waals surface area contributed by atoms with Gasteiger partial charge in [-0.1, -0.05) is 32.0 Å². The van der Waals surface area contributed by atoms with Crippen LogP contribution in [-0.4, -0.2) is 44.6 Å². The molecule has 7 nitrogen and oxygen atoms in total. The quantitative estimate of drug-likeness (QED) is 0.662. The van der Waals surface area contributed by atoms with Crippen LogP contribution in [0, 0.1) is 0 Å². The van der Waals surface area contributed by atoms with E-state index in [4.69, 9.17) is 0 Å². The van der Waals surface area contributed by atoms with Crippen LogP contribution in [0.15, 0.2) is 53.5 Å². The zero-order valence-electron chi connectivity index (χ0n) is 15.8. The van der Waals surface area contributed by atoms with Crippen LogP contribution in [0.5, 0.6) is 0 Å². The Labute approximate surface area is 158 Å². The second-order valence-electron chi connectivity index (χ2n) is 6.32. The number of anilines is 1. The Hall–Kier alpha value is -2.93. The minimum absolute atomic E-state index is 0.0427. The molecular formula is C20H25N5O2. The van der Waals surface area contributed by atoms with Gasteiger partial charge in [0.2, 0.25) is 11.9 Å². The van der Waals surface area contributed by atoms with Gasteiger partial charge in [-0.15, -0.1) is 0 Å². The molecule has 0 saturated heterocycles. The summed E-state index contributed by atoms with van der Waals surface area (Å²) in [4.78, 5) is 31.2. The second kappa shape index (κ2) is 8.64. The molecule has 3 aromatic rings. The van der Waals surface area contributed by atoms with Gasteiger partial charge in [-0.2, -0.15) is 0 Å². The minimum Gasteiger partial charge on any atom is -0.309 e. The zero-order chi connectivity index (χ0) is 19.2. The van der Waals surface area contributed by atoms with E-state index in [1.165, 1.54) is 10.6 Å². The highest BCUT2D eigenvalue weighted by Crippen LogP contribution is 2.19. The molecule has 0 aliphatic carbocycles. The number of amides is 1. The Morgan fingerprint density at radius 3 is 2.59 bits per heavy atom. The Morgan fingerprint density at radius 2 is 1.85 bits per heavy atom. The molecule has 2 heterocycles. The van der Waals surface area contributed by atoms with Gasteiger partial charge in [0.25, 0.3) is 5.56 Å². The van der Waals surface area contributed by atoms with Crippen molar-refractivity contribution in [3.63, 3.8) is 0 Å². The summed E-state index contributed by atoms with van der Waals surface area (Å²) < 4.78 is 3.40. The molecule has 0 saturated carbocycles. The number of benzene rings is 1. The zero-order valence-corrected chi connectivity index (χ0v) is 15.8. The molecule has 1 amide bonds. The second-order valence-corrected chi connectivity index (χ2v) is 6.32. The molecule has 7 heteroatoms. The molecule has 1 aromatic carbocycles. The molecule has 3 rings (SSSR count). The lowest BCUT2D eigenvalue weighted by Gasteiger charge is -2.19. The number of nitrogens with one attached hydrogen (secondary N) is 1. The summed E-state index contributed by atoms with van der Waals surface area (Å²) in [6.45, 7) is 7.77. The van der Waals surface area contributed by atoms with E-state index >= 15 is 0 Å². The highest BCUT2D eigenvalue weighted by molar-refractivity contribution is 5.91. The van der Waals surface area contributed by atoms with Crippen molar-refractivity contribution < 1.29 is 4.79 Å². The van der Waals surface area contributed by atoms with Crippen LogP contribution < -0.4 is 10.9 Å². The fourth-order valence-corrected chi connectivity index (χ4v) is 3.09. The third kappa shape index (κ3) is 4.43. The molecule has 2 aromatic heterocycles. The van der Waals surface area contributed by atoms with Crippen LogP contribution in [0.25, 0.3) is 11.0 Å². The van der Waals surface area contributed by atoms with Crippen molar-refractivity contribution in [1.82, 2.24) is 19.0 Å². The number of nitrogens with zero attached hydrogens (tertiary/aromatic N) is 4. The Balaban J connectivity index is 1.82. The number of pyridine rings is 1. The molecule has 0 unspecified atom stereocenters. The van der Waals surface area contributed by atoms with Gasteiger partial charge in [0.05, 0.1) is 11.0 Å². The smallest absolute Gasteiger partial charge is 0.250 e. The van der Waals surface area contributed by atoms with Gasteiger partial charge in [-0.05, 0) is 31.3 Å². The number of para-hydroxylation sites is 2. The highest BCUT2D eigenvalue weighted by Gasteiger charge is 2.14. The lowest BCUT2D eigenvalue weighted by molar-refractivity contribution is -0.116. The molecule has 0 radical (unpaired) electrons. The van der Waals surface area contributed by atoms with E-state index < -0.39 is 0 Å². The third-order valence-corrected chi connectivity index (χ3v) is 4.65. The highest BCUT2D eigenvalue weighted by atomic mass is 16.2. The van der Waals surface area contributed by atoms with E-state index in [0.29, 0.717) is 5.95 Å². The lowest BCUT2D eigenvalue weighted by atomic mass is 10.3. The van der Waals surface area contributed by atoms with Crippen LogP contribution in [0.4, 0.5) is 5.95 Å². The summed E-state index contributed by atoms with van der Waals surface area (Å²) >= 11 is 0. The Morgan fingerprint density at radius 1 is 1.11 bits per heavy atom. The molecule has 0 spiro atoms. The van der Waals surface area contributed by atoms with Crippen LogP contribution in [0.2, 0.25) is 0 Å².